The first-order valence-electron chi connectivity index (χ1n) is 7.77. The molecule has 0 radical (unpaired) electrons. The molecule has 2 rings (SSSR count). The van der Waals surface area contributed by atoms with Crippen LogP contribution in [0.4, 0.5) is 0 Å². The summed E-state index contributed by atoms with van der Waals surface area (Å²) in [4.78, 5) is 0. The van der Waals surface area contributed by atoms with Crippen molar-refractivity contribution in [1.82, 2.24) is 0 Å². The quantitative estimate of drug-likeness (QED) is 0.790. The minimum Gasteiger partial charge on any atom is -0.394 e. The number of allylic oxidation sites excluding steroid dienone is 1. The van der Waals surface area contributed by atoms with E-state index in [1.165, 1.54) is 0 Å². The van der Waals surface area contributed by atoms with E-state index in [2.05, 4.69) is 13.0 Å². The minimum absolute atomic E-state index is 0.0974. The van der Waals surface area contributed by atoms with E-state index < -0.39 is 17.7 Å². The van der Waals surface area contributed by atoms with Crippen LogP contribution in [0.25, 0.3) is 0 Å². The molecule has 2 aliphatic rings. The average Bonchev–Trinajstić information content (AvgIpc) is 2.85. The maximum absolute atomic E-state index is 9.54. The zero-order valence-corrected chi connectivity index (χ0v) is 13.7. The highest BCUT2D eigenvalue weighted by atomic mass is 16.8. The first kappa shape index (κ1) is 16.9. The third-order valence-electron chi connectivity index (χ3n) is 3.67. The van der Waals surface area contributed by atoms with Gasteiger partial charge < -0.3 is 24.1 Å². The largest absolute Gasteiger partial charge is 0.394 e. The second-order valence-electron chi connectivity index (χ2n) is 6.60. The van der Waals surface area contributed by atoms with E-state index in [-0.39, 0.29) is 24.9 Å². The van der Waals surface area contributed by atoms with Crippen LogP contribution in [0.5, 0.6) is 0 Å². The Morgan fingerprint density at radius 2 is 1.57 bits per heavy atom. The molecule has 2 fully saturated rings. The van der Waals surface area contributed by atoms with Crippen molar-refractivity contribution in [2.75, 3.05) is 6.61 Å². The Hall–Kier alpha value is -0.460. The van der Waals surface area contributed by atoms with Gasteiger partial charge in [0, 0.05) is 0 Å². The second-order valence-corrected chi connectivity index (χ2v) is 6.60. The monoisotopic (exact) mass is 300 g/mol. The fourth-order valence-corrected chi connectivity index (χ4v) is 2.90. The van der Waals surface area contributed by atoms with Crippen molar-refractivity contribution in [2.24, 2.45) is 0 Å². The summed E-state index contributed by atoms with van der Waals surface area (Å²) in [5.41, 5.74) is 0. The smallest absolute Gasteiger partial charge is 0.164 e. The summed E-state index contributed by atoms with van der Waals surface area (Å²) in [7, 11) is 0. The SMILES string of the molecule is CCC/C=C\[C@@H]1OC(C)(C)O[C@H]1[C@H]1OC(C)(C)O[C@@H]1CO. The van der Waals surface area contributed by atoms with Gasteiger partial charge in [-0.25, -0.2) is 0 Å². The van der Waals surface area contributed by atoms with E-state index >= 15 is 0 Å². The maximum atomic E-state index is 9.54. The van der Waals surface area contributed by atoms with Crippen LogP contribution in [-0.4, -0.2) is 47.7 Å². The van der Waals surface area contributed by atoms with E-state index in [1.807, 2.05) is 33.8 Å². The number of rotatable bonds is 5. The molecule has 0 amide bonds. The summed E-state index contributed by atoms with van der Waals surface area (Å²) in [6, 6.07) is 0. The van der Waals surface area contributed by atoms with Crippen molar-refractivity contribution < 1.29 is 24.1 Å². The third-order valence-corrected chi connectivity index (χ3v) is 3.67. The van der Waals surface area contributed by atoms with Crippen molar-refractivity contribution >= 4 is 0 Å². The lowest BCUT2D eigenvalue weighted by Gasteiger charge is -2.24. The molecule has 0 aromatic carbocycles. The van der Waals surface area contributed by atoms with Gasteiger partial charge in [-0.3, -0.25) is 0 Å². The van der Waals surface area contributed by atoms with Crippen LogP contribution in [0.3, 0.4) is 0 Å². The summed E-state index contributed by atoms with van der Waals surface area (Å²) < 4.78 is 23.6. The van der Waals surface area contributed by atoms with Crippen molar-refractivity contribution in [3.8, 4) is 0 Å². The lowest BCUT2D eigenvalue weighted by molar-refractivity contribution is -0.175. The highest BCUT2D eigenvalue weighted by molar-refractivity contribution is 5.03. The molecule has 5 heteroatoms. The molecule has 2 heterocycles. The van der Waals surface area contributed by atoms with Gasteiger partial charge in [0.25, 0.3) is 0 Å². The molecule has 0 spiro atoms. The Morgan fingerprint density at radius 3 is 2.19 bits per heavy atom. The van der Waals surface area contributed by atoms with E-state index in [9.17, 15) is 5.11 Å². The van der Waals surface area contributed by atoms with Gasteiger partial charge in [0.15, 0.2) is 11.6 Å². The highest BCUT2D eigenvalue weighted by Crippen LogP contribution is 2.38. The predicted molar refractivity (Wildman–Crippen MR) is 78.8 cm³/mol. The van der Waals surface area contributed by atoms with Crippen molar-refractivity contribution in [2.45, 2.75) is 83.5 Å². The van der Waals surface area contributed by atoms with Gasteiger partial charge in [0.05, 0.1) is 6.61 Å². The van der Waals surface area contributed by atoms with Crippen molar-refractivity contribution in [3.63, 3.8) is 0 Å². The Morgan fingerprint density at radius 1 is 0.952 bits per heavy atom. The molecule has 0 aromatic rings. The number of ether oxygens (including phenoxy) is 4. The molecule has 122 valence electrons. The van der Waals surface area contributed by atoms with Gasteiger partial charge in [-0.1, -0.05) is 25.5 Å². The zero-order chi connectivity index (χ0) is 15.7. The van der Waals surface area contributed by atoms with E-state index in [0.717, 1.165) is 12.8 Å². The van der Waals surface area contributed by atoms with Crippen LogP contribution >= 0.6 is 0 Å². The molecule has 1 N–H and O–H groups in total. The molecule has 5 nitrogen and oxygen atoms in total. The number of aliphatic hydroxyl groups is 1. The number of hydrogen-bond acceptors (Lipinski definition) is 5. The van der Waals surface area contributed by atoms with E-state index in [1.54, 1.807) is 0 Å². The predicted octanol–water partition coefficient (Wildman–Crippen LogP) is 2.38. The molecule has 0 unspecified atom stereocenters. The molecule has 0 saturated carbocycles. The van der Waals surface area contributed by atoms with E-state index in [0.29, 0.717) is 0 Å². The van der Waals surface area contributed by atoms with Crippen LogP contribution in [0, 0.1) is 0 Å². The van der Waals surface area contributed by atoms with Gasteiger partial charge in [0.2, 0.25) is 0 Å². The van der Waals surface area contributed by atoms with Crippen LogP contribution in [0.15, 0.2) is 12.2 Å². The van der Waals surface area contributed by atoms with Gasteiger partial charge in [-0.15, -0.1) is 0 Å². The molecule has 0 bridgehead atoms. The Kier molecular flexibility index (Phi) is 5.11. The van der Waals surface area contributed by atoms with Gasteiger partial charge in [0.1, 0.15) is 24.4 Å². The number of aliphatic hydroxyl groups excluding tert-OH is 1. The molecule has 2 saturated heterocycles. The van der Waals surface area contributed by atoms with Crippen molar-refractivity contribution in [1.29, 1.82) is 0 Å². The summed E-state index contributed by atoms with van der Waals surface area (Å²) in [6.45, 7) is 9.51. The fourth-order valence-electron chi connectivity index (χ4n) is 2.90. The van der Waals surface area contributed by atoms with Crippen LogP contribution in [-0.2, 0) is 18.9 Å². The first-order chi connectivity index (χ1) is 9.78. The first-order valence-corrected chi connectivity index (χ1v) is 7.77. The standard InChI is InChI=1S/C16H28O5/c1-6-7-8-9-11-13(20-15(2,3)18-11)14-12(10-17)19-16(4,5)21-14/h8-9,11-14,17H,6-7,10H2,1-5H3/b9-8-/t11-,12+,13+,14-/m0/s1. The number of unbranched alkanes of at least 4 members (excludes halogenated alkanes) is 1. The Labute approximate surface area is 127 Å². The molecule has 2 aliphatic heterocycles. The summed E-state index contributed by atoms with van der Waals surface area (Å²) in [5, 5.41) is 9.54. The van der Waals surface area contributed by atoms with Crippen LogP contribution < -0.4 is 0 Å². The van der Waals surface area contributed by atoms with Crippen LogP contribution in [0.2, 0.25) is 0 Å². The third kappa shape index (κ3) is 4.05. The van der Waals surface area contributed by atoms with Crippen molar-refractivity contribution in [3.05, 3.63) is 12.2 Å². The van der Waals surface area contributed by atoms with Gasteiger partial charge in [-0.2, -0.15) is 0 Å². The van der Waals surface area contributed by atoms with Crippen LogP contribution in [0.1, 0.15) is 47.5 Å². The topological polar surface area (TPSA) is 57.2 Å². The summed E-state index contributed by atoms with van der Waals surface area (Å²) in [6.07, 6.45) is 5.02. The molecule has 0 aromatic heterocycles. The van der Waals surface area contributed by atoms with Gasteiger partial charge in [-0.05, 0) is 34.1 Å². The summed E-state index contributed by atoms with van der Waals surface area (Å²) in [5.74, 6) is -1.38. The zero-order valence-electron chi connectivity index (χ0n) is 13.7. The molecular formula is C16H28O5. The Balaban J connectivity index is 2.14. The normalized spacial score (nSPS) is 38.4. The maximum Gasteiger partial charge on any atom is 0.164 e. The highest BCUT2D eigenvalue weighted by Gasteiger charge is 2.52. The second kappa shape index (κ2) is 6.34. The lowest BCUT2D eigenvalue weighted by atomic mass is 10.0. The fraction of sp³-hybridized carbons (Fsp3) is 0.875. The molecular weight excluding hydrogens is 272 g/mol. The molecule has 21 heavy (non-hydrogen) atoms. The molecule has 4 atom stereocenters. The van der Waals surface area contributed by atoms with E-state index in [4.69, 9.17) is 18.9 Å². The summed E-state index contributed by atoms with van der Waals surface area (Å²) >= 11 is 0. The molecule has 0 aliphatic carbocycles. The Bertz CT molecular complexity index is 377. The number of hydrogen-bond donors (Lipinski definition) is 1. The minimum atomic E-state index is -0.716. The lowest BCUT2D eigenvalue weighted by Crippen LogP contribution is -2.42. The van der Waals surface area contributed by atoms with Gasteiger partial charge >= 0.3 is 0 Å². The average molecular weight is 300 g/mol.